The number of pyridine rings is 1. The number of carboxylic acid groups (broad SMARTS) is 1. The van der Waals surface area contributed by atoms with Gasteiger partial charge >= 0.3 is 5.97 Å². The maximum Gasteiger partial charge on any atom is 0.354 e. The highest BCUT2D eigenvalue weighted by Crippen LogP contribution is 2.23. The quantitative estimate of drug-likeness (QED) is 0.813. The van der Waals surface area contributed by atoms with Gasteiger partial charge in [0.25, 0.3) is 0 Å². The number of nitrogens with zero attached hydrogens (tertiary/aromatic N) is 1. The van der Waals surface area contributed by atoms with Gasteiger partial charge in [-0.25, -0.2) is 9.78 Å². The van der Waals surface area contributed by atoms with Crippen LogP contribution in [0.15, 0.2) is 18.3 Å². The van der Waals surface area contributed by atoms with Crippen molar-refractivity contribution in [2.24, 2.45) is 0 Å². The Hall–Kier alpha value is -1.66. The second kappa shape index (κ2) is 5.32. The summed E-state index contributed by atoms with van der Waals surface area (Å²) in [4.78, 5) is 14.6. The molecule has 6 nitrogen and oxygen atoms in total. The van der Waals surface area contributed by atoms with Crippen LogP contribution in [0.3, 0.4) is 0 Å². The molecule has 1 saturated heterocycles. The molecule has 0 bridgehead atoms. The van der Waals surface area contributed by atoms with Crippen molar-refractivity contribution >= 4 is 11.7 Å². The molecule has 1 aromatic heterocycles. The molecule has 1 atom stereocenters. The van der Waals surface area contributed by atoms with Crippen LogP contribution in [0.4, 0.5) is 5.69 Å². The summed E-state index contributed by atoms with van der Waals surface area (Å²) < 4.78 is 10.8. The molecule has 98 valence electrons. The summed E-state index contributed by atoms with van der Waals surface area (Å²) in [5.74, 6) is -1.04. The van der Waals surface area contributed by atoms with Crippen LogP contribution in [0.25, 0.3) is 0 Å². The first kappa shape index (κ1) is 12.8. The van der Waals surface area contributed by atoms with Crippen LogP contribution in [0.1, 0.15) is 16.9 Å². The highest BCUT2D eigenvalue weighted by atomic mass is 16.5. The number of rotatable bonds is 5. The second-order valence-electron chi connectivity index (χ2n) is 4.28. The molecular weight excluding hydrogens is 236 g/mol. The largest absolute Gasteiger partial charge is 0.477 e. The smallest absolute Gasteiger partial charge is 0.354 e. The fourth-order valence-corrected chi connectivity index (χ4v) is 1.88. The topological polar surface area (TPSA) is 80.7 Å². The van der Waals surface area contributed by atoms with E-state index >= 15 is 0 Å². The summed E-state index contributed by atoms with van der Waals surface area (Å²) in [5.41, 5.74) is 0.409. The molecule has 2 N–H and O–H groups in total. The third-order valence-electron chi connectivity index (χ3n) is 3.09. The number of aromatic carboxylic acids is 1. The molecule has 0 spiro atoms. The second-order valence-corrected chi connectivity index (χ2v) is 4.28. The van der Waals surface area contributed by atoms with Crippen LogP contribution in [-0.2, 0) is 9.47 Å². The minimum Gasteiger partial charge on any atom is -0.477 e. The van der Waals surface area contributed by atoms with Crippen LogP contribution < -0.4 is 5.32 Å². The lowest BCUT2D eigenvalue weighted by Crippen LogP contribution is -2.39. The summed E-state index contributed by atoms with van der Waals surface area (Å²) in [7, 11) is 1.66. The zero-order chi connectivity index (χ0) is 13.0. The molecule has 0 saturated carbocycles. The van der Waals surface area contributed by atoms with Gasteiger partial charge in [-0.2, -0.15) is 0 Å². The van der Waals surface area contributed by atoms with Crippen LogP contribution in [0.2, 0.25) is 0 Å². The standard InChI is InChI=1S/C12H16N2O4/c1-17-12(3-5-18-8-12)7-14-9-2-4-13-10(6-9)11(15)16/h2,4,6H,3,5,7-8H2,1H3,(H,13,14)(H,15,16). The summed E-state index contributed by atoms with van der Waals surface area (Å²) in [6.45, 7) is 1.81. The molecule has 0 amide bonds. The summed E-state index contributed by atoms with van der Waals surface area (Å²) in [5, 5.41) is 12.0. The van der Waals surface area contributed by atoms with E-state index in [2.05, 4.69) is 10.3 Å². The average Bonchev–Trinajstić information content (AvgIpc) is 2.86. The van der Waals surface area contributed by atoms with Crippen molar-refractivity contribution in [1.82, 2.24) is 4.98 Å². The van der Waals surface area contributed by atoms with Crippen molar-refractivity contribution in [3.8, 4) is 0 Å². The molecule has 1 aliphatic rings. The monoisotopic (exact) mass is 252 g/mol. The lowest BCUT2D eigenvalue weighted by atomic mass is 10.0. The summed E-state index contributed by atoms with van der Waals surface area (Å²) in [6.07, 6.45) is 2.30. The highest BCUT2D eigenvalue weighted by Gasteiger charge is 2.34. The van der Waals surface area contributed by atoms with Gasteiger partial charge in [-0.15, -0.1) is 0 Å². The summed E-state index contributed by atoms with van der Waals surface area (Å²) in [6, 6.07) is 3.23. The van der Waals surface area contributed by atoms with Crippen molar-refractivity contribution < 1.29 is 19.4 Å². The fraction of sp³-hybridized carbons (Fsp3) is 0.500. The molecule has 18 heavy (non-hydrogen) atoms. The van der Waals surface area contributed by atoms with E-state index in [-0.39, 0.29) is 11.3 Å². The summed E-state index contributed by atoms with van der Waals surface area (Å²) >= 11 is 0. The zero-order valence-electron chi connectivity index (χ0n) is 10.2. The van der Waals surface area contributed by atoms with Gasteiger partial charge in [0.2, 0.25) is 0 Å². The van der Waals surface area contributed by atoms with Crippen molar-refractivity contribution in [3.63, 3.8) is 0 Å². The number of aromatic nitrogens is 1. The van der Waals surface area contributed by atoms with Gasteiger partial charge in [-0.3, -0.25) is 0 Å². The number of nitrogens with one attached hydrogen (secondary N) is 1. The van der Waals surface area contributed by atoms with Crippen LogP contribution in [0.5, 0.6) is 0 Å². The number of methoxy groups -OCH3 is 1. The van der Waals surface area contributed by atoms with Crippen molar-refractivity contribution in [1.29, 1.82) is 0 Å². The van der Waals surface area contributed by atoms with Crippen molar-refractivity contribution in [3.05, 3.63) is 24.0 Å². The SMILES string of the molecule is COC1(CNc2ccnc(C(=O)O)c2)CCOC1. The third-order valence-corrected chi connectivity index (χ3v) is 3.09. The third kappa shape index (κ3) is 2.77. The van der Waals surface area contributed by atoms with Crippen LogP contribution >= 0.6 is 0 Å². The predicted octanol–water partition coefficient (Wildman–Crippen LogP) is 0.997. The normalized spacial score (nSPS) is 22.9. The van der Waals surface area contributed by atoms with E-state index in [1.54, 1.807) is 13.2 Å². The lowest BCUT2D eigenvalue weighted by molar-refractivity contribution is -0.00619. The Morgan fingerprint density at radius 3 is 3.17 bits per heavy atom. The Balaban J connectivity index is 2.01. The van der Waals surface area contributed by atoms with E-state index in [1.807, 2.05) is 0 Å². The van der Waals surface area contributed by atoms with Crippen LogP contribution in [0, 0.1) is 0 Å². The average molecular weight is 252 g/mol. The van der Waals surface area contributed by atoms with Gasteiger partial charge in [-0.1, -0.05) is 0 Å². The van der Waals surface area contributed by atoms with Crippen molar-refractivity contribution in [2.45, 2.75) is 12.0 Å². The number of anilines is 1. The Morgan fingerprint density at radius 1 is 1.72 bits per heavy atom. The lowest BCUT2D eigenvalue weighted by Gasteiger charge is -2.26. The Morgan fingerprint density at radius 2 is 2.56 bits per heavy atom. The molecule has 0 aliphatic carbocycles. The molecule has 2 heterocycles. The van der Waals surface area contributed by atoms with Crippen molar-refractivity contribution in [2.75, 3.05) is 32.2 Å². The molecule has 0 aromatic carbocycles. The van der Waals surface area contributed by atoms with E-state index in [0.29, 0.717) is 25.4 Å². The van der Waals surface area contributed by atoms with Gasteiger partial charge < -0.3 is 19.9 Å². The minimum atomic E-state index is -1.04. The van der Waals surface area contributed by atoms with E-state index in [0.717, 1.165) is 6.42 Å². The van der Waals surface area contributed by atoms with E-state index in [9.17, 15) is 4.79 Å². The first-order valence-electron chi connectivity index (χ1n) is 5.71. The first-order chi connectivity index (χ1) is 8.65. The van der Waals surface area contributed by atoms with Crippen LogP contribution in [-0.4, -0.2) is 48.5 Å². The molecular formula is C12H16N2O4. The molecule has 1 unspecified atom stereocenters. The Labute approximate surface area is 105 Å². The van der Waals surface area contributed by atoms with Gasteiger partial charge in [0.05, 0.1) is 6.61 Å². The molecule has 1 aromatic rings. The molecule has 0 radical (unpaired) electrons. The molecule has 1 aliphatic heterocycles. The minimum absolute atomic E-state index is 0.0224. The number of carboxylic acids is 1. The van der Waals surface area contributed by atoms with Gasteiger partial charge in [-0.05, 0) is 12.1 Å². The zero-order valence-corrected chi connectivity index (χ0v) is 10.2. The first-order valence-corrected chi connectivity index (χ1v) is 5.71. The van der Waals surface area contributed by atoms with Gasteiger partial charge in [0.15, 0.2) is 0 Å². The molecule has 1 fully saturated rings. The maximum atomic E-state index is 10.8. The fourth-order valence-electron chi connectivity index (χ4n) is 1.88. The van der Waals surface area contributed by atoms with E-state index in [1.165, 1.54) is 12.3 Å². The van der Waals surface area contributed by atoms with Gasteiger partial charge in [0, 0.05) is 38.6 Å². The Kier molecular flexibility index (Phi) is 3.78. The Bertz CT molecular complexity index is 430. The number of ether oxygens (including phenoxy) is 2. The number of hydrogen-bond acceptors (Lipinski definition) is 5. The van der Waals surface area contributed by atoms with E-state index < -0.39 is 5.97 Å². The highest BCUT2D eigenvalue weighted by molar-refractivity contribution is 5.86. The van der Waals surface area contributed by atoms with Gasteiger partial charge in [0.1, 0.15) is 11.3 Å². The number of carbonyl (C=O) groups is 1. The predicted molar refractivity (Wildman–Crippen MR) is 64.9 cm³/mol. The molecule has 2 rings (SSSR count). The number of hydrogen-bond donors (Lipinski definition) is 2. The van der Waals surface area contributed by atoms with E-state index in [4.69, 9.17) is 14.6 Å². The maximum absolute atomic E-state index is 10.8. The molecule has 6 heteroatoms.